The highest BCUT2D eigenvalue weighted by Gasteiger charge is 2.27. The van der Waals surface area contributed by atoms with E-state index in [4.69, 9.17) is 32.5 Å². The van der Waals surface area contributed by atoms with Gasteiger partial charge in [-0.15, -0.1) is 12.4 Å². The monoisotopic (exact) mass is 433 g/mol. The second-order valence-electron chi connectivity index (χ2n) is 6.76. The molecule has 1 fully saturated rings. The molecule has 1 aromatic carbocycles. The van der Waals surface area contributed by atoms with E-state index in [1.165, 1.54) is 0 Å². The SMILES string of the molecule is CC1(CNC(=O)c2cc(COc3c(Cl)cccc3Cl)on2)CCNCC1.Cl. The van der Waals surface area contributed by atoms with E-state index in [-0.39, 0.29) is 36.0 Å². The Kier molecular flexibility index (Phi) is 7.79. The zero-order valence-corrected chi connectivity index (χ0v) is 17.2. The van der Waals surface area contributed by atoms with Crippen LogP contribution in [0, 0.1) is 5.41 Å². The number of amides is 1. The summed E-state index contributed by atoms with van der Waals surface area (Å²) in [5, 5.41) is 10.9. The molecule has 1 aliphatic heterocycles. The molecule has 0 saturated carbocycles. The number of benzene rings is 1. The van der Waals surface area contributed by atoms with Gasteiger partial charge in [0.2, 0.25) is 0 Å². The summed E-state index contributed by atoms with van der Waals surface area (Å²) in [4.78, 5) is 12.3. The molecule has 2 heterocycles. The molecule has 0 unspecified atom stereocenters. The molecule has 27 heavy (non-hydrogen) atoms. The van der Waals surface area contributed by atoms with Crippen molar-refractivity contribution in [3.63, 3.8) is 0 Å². The van der Waals surface area contributed by atoms with E-state index >= 15 is 0 Å². The summed E-state index contributed by atoms with van der Waals surface area (Å²) in [6, 6.07) is 6.66. The van der Waals surface area contributed by atoms with Crippen molar-refractivity contribution in [3.05, 3.63) is 45.8 Å². The molecule has 2 aromatic rings. The molecule has 1 aliphatic rings. The first-order valence-electron chi connectivity index (χ1n) is 8.48. The standard InChI is InChI=1S/C18H21Cl2N3O3.ClH/c1-18(5-7-21-8-6-18)11-22-17(24)15-9-12(26-23-15)10-25-16-13(19)3-2-4-14(16)20;/h2-4,9,21H,5-8,10-11H2,1H3,(H,22,24);1H. The van der Waals surface area contributed by atoms with E-state index in [9.17, 15) is 4.79 Å². The van der Waals surface area contributed by atoms with E-state index in [1.807, 2.05) is 0 Å². The smallest absolute Gasteiger partial charge is 0.273 e. The van der Waals surface area contributed by atoms with Crippen LogP contribution < -0.4 is 15.4 Å². The molecule has 0 spiro atoms. The molecule has 2 N–H and O–H groups in total. The number of carbonyl (C=O) groups excluding carboxylic acids is 1. The molecule has 9 heteroatoms. The summed E-state index contributed by atoms with van der Waals surface area (Å²) in [6.07, 6.45) is 2.06. The van der Waals surface area contributed by atoms with Gasteiger partial charge in [0.25, 0.3) is 5.91 Å². The lowest BCUT2D eigenvalue weighted by Crippen LogP contribution is -2.42. The number of ether oxygens (including phenoxy) is 1. The first-order chi connectivity index (χ1) is 12.5. The van der Waals surface area contributed by atoms with E-state index in [0.717, 1.165) is 25.9 Å². The van der Waals surface area contributed by atoms with Crippen LogP contribution in [-0.2, 0) is 6.61 Å². The third-order valence-electron chi connectivity index (χ3n) is 4.56. The second-order valence-corrected chi connectivity index (χ2v) is 7.58. The molecule has 0 aliphatic carbocycles. The first-order valence-corrected chi connectivity index (χ1v) is 9.24. The quantitative estimate of drug-likeness (QED) is 0.716. The fourth-order valence-corrected chi connectivity index (χ4v) is 3.35. The van der Waals surface area contributed by atoms with E-state index in [0.29, 0.717) is 28.1 Å². The molecule has 6 nitrogen and oxygen atoms in total. The van der Waals surface area contributed by atoms with Gasteiger partial charge in [0.1, 0.15) is 6.61 Å². The molecule has 3 rings (SSSR count). The lowest BCUT2D eigenvalue weighted by molar-refractivity contribution is 0.0913. The van der Waals surface area contributed by atoms with Gasteiger partial charge in [0, 0.05) is 12.6 Å². The summed E-state index contributed by atoms with van der Waals surface area (Å²) in [5.41, 5.74) is 0.337. The summed E-state index contributed by atoms with van der Waals surface area (Å²) in [7, 11) is 0. The van der Waals surface area contributed by atoms with Crippen molar-refractivity contribution >= 4 is 41.5 Å². The maximum Gasteiger partial charge on any atom is 0.273 e. The number of rotatable bonds is 6. The fourth-order valence-electron chi connectivity index (χ4n) is 2.84. The van der Waals surface area contributed by atoms with Crippen molar-refractivity contribution in [3.8, 4) is 5.75 Å². The number of aromatic nitrogens is 1. The topological polar surface area (TPSA) is 76.4 Å². The molecular formula is C18H22Cl3N3O3. The highest BCUT2D eigenvalue weighted by atomic mass is 35.5. The van der Waals surface area contributed by atoms with Gasteiger partial charge in [0.15, 0.2) is 17.2 Å². The third-order valence-corrected chi connectivity index (χ3v) is 5.15. The summed E-state index contributed by atoms with van der Waals surface area (Å²) >= 11 is 12.1. The highest BCUT2D eigenvalue weighted by molar-refractivity contribution is 6.37. The first kappa shape index (κ1) is 21.8. The summed E-state index contributed by atoms with van der Waals surface area (Å²) in [5.74, 6) is 0.534. The minimum absolute atomic E-state index is 0. The van der Waals surface area contributed by atoms with E-state index in [1.54, 1.807) is 24.3 Å². The predicted molar refractivity (Wildman–Crippen MR) is 107 cm³/mol. The molecule has 1 saturated heterocycles. The van der Waals surface area contributed by atoms with Crippen LogP contribution in [0.4, 0.5) is 0 Å². The molecule has 0 radical (unpaired) electrons. The largest absolute Gasteiger partial charge is 0.482 e. The number of carbonyl (C=O) groups is 1. The van der Waals surface area contributed by atoms with Crippen LogP contribution in [0.5, 0.6) is 5.75 Å². The second kappa shape index (κ2) is 9.64. The van der Waals surface area contributed by atoms with Crippen molar-refractivity contribution in [1.82, 2.24) is 15.8 Å². The average Bonchev–Trinajstić information content (AvgIpc) is 3.09. The molecule has 0 atom stereocenters. The van der Waals surface area contributed by atoms with Crippen LogP contribution in [0.2, 0.25) is 10.0 Å². The molecule has 1 amide bonds. The minimum Gasteiger partial charge on any atom is -0.482 e. The van der Waals surface area contributed by atoms with Gasteiger partial charge >= 0.3 is 0 Å². The number of nitrogens with zero attached hydrogens (tertiary/aromatic N) is 1. The van der Waals surface area contributed by atoms with Gasteiger partial charge in [0.05, 0.1) is 10.0 Å². The lowest BCUT2D eigenvalue weighted by atomic mass is 9.81. The molecule has 0 bridgehead atoms. The van der Waals surface area contributed by atoms with Crippen molar-refractivity contribution in [1.29, 1.82) is 0 Å². The third kappa shape index (κ3) is 5.75. The van der Waals surface area contributed by atoms with Gasteiger partial charge in [-0.25, -0.2) is 0 Å². The van der Waals surface area contributed by atoms with Gasteiger partial charge in [-0.2, -0.15) is 0 Å². The zero-order chi connectivity index (χ0) is 18.6. The molecule has 1 aromatic heterocycles. The predicted octanol–water partition coefficient (Wildman–Crippen LogP) is 4.10. The number of hydrogen-bond acceptors (Lipinski definition) is 5. The maximum absolute atomic E-state index is 12.3. The van der Waals surface area contributed by atoms with Crippen LogP contribution in [0.15, 0.2) is 28.8 Å². The normalized spacial score (nSPS) is 15.7. The summed E-state index contributed by atoms with van der Waals surface area (Å²) in [6.45, 7) is 4.82. The van der Waals surface area contributed by atoms with Gasteiger partial charge in [-0.05, 0) is 43.5 Å². The number of halogens is 3. The van der Waals surface area contributed by atoms with E-state index < -0.39 is 0 Å². The molecular weight excluding hydrogens is 413 g/mol. The number of piperidine rings is 1. The molecule has 148 valence electrons. The zero-order valence-electron chi connectivity index (χ0n) is 14.9. The Hall–Kier alpha value is -1.47. The Morgan fingerprint density at radius 2 is 2.00 bits per heavy atom. The Morgan fingerprint density at radius 1 is 1.33 bits per heavy atom. The number of hydrogen-bond donors (Lipinski definition) is 2. The van der Waals surface area contributed by atoms with Crippen LogP contribution in [0.3, 0.4) is 0 Å². The van der Waals surface area contributed by atoms with E-state index in [2.05, 4.69) is 22.7 Å². The fraction of sp³-hybridized carbons (Fsp3) is 0.444. The van der Waals surface area contributed by atoms with Crippen molar-refractivity contribution in [2.75, 3.05) is 19.6 Å². The lowest BCUT2D eigenvalue weighted by Gasteiger charge is -2.33. The average molecular weight is 435 g/mol. The Bertz CT molecular complexity index is 756. The Balaban J connectivity index is 0.00000261. The van der Waals surface area contributed by atoms with Crippen LogP contribution in [0.25, 0.3) is 0 Å². The maximum atomic E-state index is 12.3. The van der Waals surface area contributed by atoms with Crippen LogP contribution in [-0.4, -0.2) is 30.7 Å². The van der Waals surface area contributed by atoms with Gasteiger partial charge in [-0.1, -0.05) is 41.3 Å². The van der Waals surface area contributed by atoms with Crippen molar-refractivity contribution in [2.24, 2.45) is 5.41 Å². The highest BCUT2D eigenvalue weighted by Crippen LogP contribution is 2.33. The Labute approximate surface area is 174 Å². The van der Waals surface area contributed by atoms with Crippen molar-refractivity contribution < 1.29 is 14.1 Å². The minimum atomic E-state index is -0.254. The Morgan fingerprint density at radius 3 is 2.67 bits per heavy atom. The summed E-state index contributed by atoms with van der Waals surface area (Å²) < 4.78 is 10.8. The number of para-hydroxylation sites is 1. The van der Waals surface area contributed by atoms with Crippen molar-refractivity contribution in [2.45, 2.75) is 26.4 Å². The van der Waals surface area contributed by atoms with Crippen LogP contribution >= 0.6 is 35.6 Å². The van der Waals surface area contributed by atoms with Crippen LogP contribution in [0.1, 0.15) is 36.0 Å². The van der Waals surface area contributed by atoms with Gasteiger partial charge < -0.3 is 19.9 Å². The number of nitrogens with one attached hydrogen (secondary N) is 2. The van der Waals surface area contributed by atoms with Gasteiger partial charge in [-0.3, -0.25) is 4.79 Å².